The van der Waals surface area contributed by atoms with E-state index in [1.54, 1.807) is 6.08 Å². The first-order valence-electron chi connectivity index (χ1n) is 3.59. The van der Waals surface area contributed by atoms with Gasteiger partial charge in [-0.3, -0.25) is 0 Å². The molecule has 0 saturated carbocycles. The zero-order chi connectivity index (χ0) is 7.68. The molecule has 0 saturated heterocycles. The van der Waals surface area contributed by atoms with Crippen molar-refractivity contribution < 1.29 is 5.11 Å². The van der Waals surface area contributed by atoms with Gasteiger partial charge in [-0.15, -0.1) is 0 Å². The molecule has 2 heterocycles. The highest BCUT2D eigenvalue weighted by Crippen LogP contribution is 2.19. The number of hydrogen-bond acceptors (Lipinski definition) is 2. The summed E-state index contributed by atoms with van der Waals surface area (Å²) < 4.78 is 0. The van der Waals surface area contributed by atoms with E-state index in [0.717, 1.165) is 12.2 Å². The van der Waals surface area contributed by atoms with E-state index in [-0.39, 0.29) is 0 Å². The molecule has 0 aromatic rings. The molecule has 2 nitrogen and oxygen atoms in total. The highest BCUT2D eigenvalue weighted by molar-refractivity contribution is 5.35. The Bertz CT molecular complexity index is 284. The van der Waals surface area contributed by atoms with Crippen LogP contribution in [0, 0.1) is 0 Å². The van der Waals surface area contributed by atoms with Gasteiger partial charge in [0.1, 0.15) is 0 Å². The molecule has 0 radical (unpaired) electrons. The Hall–Kier alpha value is -1.44. The van der Waals surface area contributed by atoms with E-state index in [2.05, 4.69) is 0 Å². The number of hydrogen-bond donors (Lipinski definition) is 1. The van der Waals surface area contributed by atoms with Crippen LogP contribution in [-0.4, -0.2) is 16.6 Å². The summed E-state index contributed by atoms with van der Waals surface area (Å²) in [7, 11) is 0. The summed E-state index contributed by atoms with van der Waals surface area (Å²) >= 11 is 0. The normalized spacial score (nSPS) is 20.9. The molecule has 0 bridgehead atoms. The van der Waals surface area contributed by atoms with Gasteiger partial charge in [-0.25, -0.2) is 0 Å². The van der Waals surface area contributed by atoms with Crippen LogP contribution in [0.15, 0.2) is 48.0 Å². The van der Waals surface area contributed by atoms with Gasteiger partial charge in [-0.2, -0.15) is 0 Å². The van der Waals surface area contributed by atoms with E-state index in [4.69, 9.17) is 0 Å². The molecule has 0 fully saturated rings. The van der Waals surface area contributed by atoms with E-state index in [1.165, 1.54) is 0 Å². The molecule has 2 rings (SSSR count). The minimum Gasteiger partial charge on any atom is -0.494 e. The van der Waals surface area contributed by atoms with Crippen molar-refractivity contribution in [2.45, 2.75) is 0 Å². The first-order valence-corrected chi connectivity index (χ1v) is 3.59. The van der Waals surface area contributed by atoms with Crippen LogP contribution in [0.5, 0.6) is 0 Å². The van der Waals surface area contributed by atoms with Crippen molar-refractivity contribution in [3.8, 4) is 0 Å². The van der Waals surface area contributed by atoms with Crippen LogP contribution < -0.4 is 0 Å². The predicted molar refractivity (Wildman–Crippen MR) is 43.8 cm³/mol. The summed E-state index contributed by atoms with van der Waals surface area (Å²) in [5.74, 6) is 0.322. The fourth-order valence-corrected chi connectivity index (χ4v) is 1.22. The molecule has 0 aliphatic carbocycles. The number of rotatable bonds is 0. The molecule has 0 amide bonds. The van der Waals surface area contributed by atoms with Crippen LogP contribution in [0.3, 0.4) is 0 Å². The van der Waals surface area contributed by atoms with Crippen LogP contribution >= 0.6 is 0 Å². The number of allylic oxidation sites excluding steroid dienone is 5. The number of nitrogens with zero attached hydrogens (tertiary/aromatic N) is 1. The second kappa shape index (κ2) is 2.31. The van der Waals surface area contributed by atoms with E-state index in [1.807, 2.05) is 35.3 Å². The van der Waals surface area contributed by atoms with Crippen molar-refractivity contribution in [2.24, 2.45) is 0 Å². The molecule has 56 valence electrons. The van der Waals surface area contributed by atoms with E-state index in [0.29, 0.717) is 5.88 Å². The smallest absolute Gasteiger partial charge is 0.191 e. The standard InChI is InChI=1S/C9H9NO/c11-9-6-3-5-8-4-1-2-7-10(8)9/h1-6,11H,7H2. The Kier molecular flexibility index (Phi) is 1.32. The van der Waals surface area contributed by atoms with Crippen LogP contribution in [0.1, 0.15) is 0 Å². The fraction of sp³-hybridized carbons (Fsp3) is 0.111. The minimum absolute atomic E-state index is 0.322. The monoisotopic (exact) mass is 147 g/mol. The molecule has 2 aliphatic rings. The lowest BCUT2D eigenvalue weighted by Crippen LogP contribution is -2.24. The third-order valence-corrected chi connectivity index (χ3v) is 1.79. The SMILES string of the molecule is OC1=CC=CC2=CC=CCN12. The minimum atomic E-state index is 0.322. The molecule has 0 aromatic carbocycles. The van der Waals surface area contributed by atoms with Gasteiger partial charge in [0.05, 0.1) is 0 Å². The van der Waals surface area contributed by atoms with Gasteiger partial charge in [-0.05, 0) is 18.2 Å². The Balaban J connectivity index is 2.37. The maximum atomic E-state index is 9.37. The molecule has 11 heavy (non-hydrogen) atoms. The first-order chi connectivity index (χ1) is 5.38. The molecular formula is C9H9NO. The van der Waals surface area contributed by atoms with Gasteiger partial charge in [-0.1, -0.05) is 18.2 Å². The Morgan fingerprint density at radius 2 is 2.18 bits per heavy atom. The molecule has 0 unspecified atom stereocenters. The molecule has 2 heteroatoms. The Morgan fingerprint density at radius 1 is 1.27 bits per heavy atom. The average Bonchev–Trinajstić information content (AvgIpc) is 2.06. The summed E-state index contributed by atoms with van der Waals surface area (Å²) in [6, 6.07) is 0. The van der Waals surface area contributed by atoms with Crippen molar-refractivity contribution in [1.82, 2.24) is 4.90 Å². The summed E-state index contributed by atoms with van der Waals surface area (Å²) in [5, 5.41) is 9.37. The van der Waals surface area contributed by atoms with Crippen molar-refractivity contribution in [1.29, 1.82) is 0 Å². The van der Waals surface area contributed by atoms with Crippen molar-refractivity contribution in [3.05, 3.63) is 48.0 Å². The zero-order valence-electron chi connectivity index (χ0n) is 6.07. The van der Waals surface area contributed by atoms with Crippen molar-refractivity contribution in [3.63, 3.8) is 0 Å². The average molecular weight is 147 g/mol. The second-order valence-electron chi connectivity index (χ2n) is 2.51. The summed E-state index contributed by atoms with van der Waals surface area (Å²) in [4.78, 5) is 1.85. The molecule has 2 aliphatic heterocycles. The lowest BCUT2D eigenvalue weighted by atomic mass is 10.2. The number of aliphatic hydroxyl groups excluding tert-OH is 1. The molecule has 1 N–H and O–H groups in total. The van der Waals surface area contributed by atoms with Gasteiger partial charge in [0.25, 0.3) is 0 Å². The third kappa shape index (κ3) is 0.963. The van der Waals surface area contributed by atoms with Crippen molar-refractivity contribution >= 4 is 0 Å². The van der Waals surface area contributed by atoms with Crippen LogP contribution in [0.4, 0.5) is 0 Å². The van der Waals surface area contributed by atoms with Gasteiger partial charge >= 0.3 is 0 Å². The van der Waals surface area contributed by atoms with E-state index in [9.17, 15) is 5.11 Å². The largest absolute Gasteiger partial charge is 0.494 e. The molecule has 0 spiro atoms. The Morgan fingerprint density at radius 3 is 3.00 bits per heavy atom. The van der Waals surface area contributed by atoms with E-state index < -0.39 is 0 Å². The summed E-state index contributed by atoms with van der Waals surface area (Å²) in [6.07, 6.45) is 11.5. The molecule has 0 aromatic heterocycles. The third-order valence-electron chi connectivity index (χ3n) is 1.79. The number of aliphatic hydroxyl groups is 1. The van der Waals surface area contributed by atoms with Crippen molar-refractivity contribution in [2.75, 3.05) is 6.54 Å². The lowest BCUT2D eigenvalue weighted by molar-refractivity contribution is 0.255. The van der Waals surface area contributed by atoms with E-state index >= 15 is 0 Å². The van der Waals surface area contributed by atoms with Crippen LogP contribution in [0.25, 0.3) is 0 Å². The van der Waals surface area contributed by atoms with Gasteiger partial charge < -0.3 is 10.0 Å². The number of fused-ring (bicyclic) bond motifs is 1. The van der Waals surface area contributed by atoms with Gasteiger partial charge in [0.2, 0.25) is 0 Å². The predicted octanol–water partition coefficient (Wildman–Crippen LogP) is 1.71. The van der Waals surface area contributed by atoms with Crippen LogP contribution in [-0.2, 0) is 0 Å². The highest BCUT2D eigenvalue weighted by atomic mass is 16.3. The molecular weight excluding hydrogens is 138 g/mol. The topological polar surface area (TPSA) is 23.5 Å². The maximum Gasteiger partial charge on any atom is 0.191 e. The first kappa shape index (κ1) is 6.28. The maximum absolute atomic E-state index is 9.37. The van der Waals surface area contributed by atoms with Crippen LogP contribution in [0.2, 0.25) is 0 Å². The summed E-state index contributed by atoms with van der Waals surface area (Å²) in [6.45, 7) is 0.762. The highest BCUT2D eigenvalue weighted by Gasteiger charge is 2.13. The summed E-state index contributed by atoms with van der Waals surface area (Å²) in [5.41, 5.74) is 1.05. The van der Waals surface area contributed by atoms with Gasteiger partial charge in [0.15, 0.2) is 5.88 Å². The quantitative estimate of drug-likeness (QED) is 0.563. The Labute approximate surface area is 65.4 Å². The molecule has 0 atom stereocenters. The van der Waals surface area contributed by atoms with Gasteiger partial charge in [0, 0.05) is 12.2 Å². The lowest BCUT2D eigenvalue weighted by Gasteiger charge is -2.26. The fourth-order valence-electron chi connectivity index (χ4n) is 1.22. The second-order valence-corrected chi connectivity index (χ2v) is 2.51. The zero-order valence-corrected chi connectivity index (χ0v) is 6.07.